The molecular weight excluding hydrogens is 470 g/mol. The Morgan fingerprint density at radius 1 is 0.973 bits per heavy atom. The van der Waals surface area contributed by atoms with Crippen molar-refractivity contribution in [1.82, 2.24) is 0 Å². The summed E-state index contributed by atoms with van der Waals surface area (Å²) < 4.78 is 10.7. The summed E-state index contributed by atoms with van der Waals surface area (Å²) in [6.07, 6.45) is -0.0127. The van der Waals surface area contributed by atoms with Crippen molar-refractivity contribution in [3.8, 4) is 5.75 Å². The number of amides is 1. The molecule has 37 heavy (non-hydrogen) atoms. The molecule has 190 valence electrons. The van der Waals surface area contributed by atoms with E-state index in [1.807, 2.05) is 45.0 Å². The van der Waals surface area contributed by atoms with Crippen LogP contribution in [0.2, 0.25) is 0 Å². The van der Waals surface area contributed by atoms with Crippen molar-refractivity contribution < 1.29 is 29.0 Å². The van der Waals surface area contributed by atoms with Crippen molar-refractivity contribution in [2.24, 2.45) is 0 Å². The molecule has 1 unspecified atom stereocenters. The zero-order valence-corrected chi connectivity index (χ0v) is 21.2. The zero-order valence-electron chi connectivity index (χ0n) is 21.2. The molecule has 0 radical (unpaired) electrons. The van der Waals surface area contributed by atoms with Crippen LogP contribution in [-0.2, 0) is 14.3 Å². The quantitative estimate of drug-likeness (QED) is 0.197. The smallest absolute Gasteiger partial charge is 0.338 e. The van der Waals surface area contributed by atoms with Crippen molar-refractivity contribution >= 4 is 29.1 Å². The predicted molar refractivity (Wildman–Crippen MR) is 141 cm³/mol. The van der Waals surface area contributed by atoms with E-state index in [2.05, 4.69) is 0 Å². The number of hydrogen-bond acceptors (Lipinski definition) is 6. The van der Waals surface area contributed by atoms with Crippen molar-refractivity contribution in [2.45, 2.75) is 39.8 Å². The fourth-order valence-corrected chi connectivity index (χ4v) is 4.35. The van der Waals surface area contributed by atoms with Gasteiger partial charge in [-0.2, -0.15) is 0 Å². The van der Waals surface area contributed by atoms with Gasteiger partial charge >= 0.3 is 5.97 Å². The lowest BCUT2D eigenvalue weighted by atomic mass is 9.94. The third-order valence-electron chi connectivity index (χ3n) is 5.96. The highest BCUT2D eigenvalue weighted by Crippen LogP contribution is 2.42. The van der Waals surface area contributed by atoms with Gasteiger partial charge in [0.15, 0.2) is 0 Å². The molecule has 1 saturated heterocycles. The maximum atomic E-state index is 13.3. The number of ether oxygens (including phenoxy) is 2. The highest BCUT2D eigenvalue weighted by molar-refractivity contribution is 6.51. The second kappa shape index (κ2) is 10.7. The van der Waals surface area contributed by atoms with Crippen LogP contribution in [0.1, 0.15) is 53.9 Å². The van der Waals surface area contributed by atoms with Gasteiger partial charge in [0.2, 0.25) is 0 Å². The minimum atomic E-state index is -0.861. The number of rotatable bonds is 7. The number of aliphatic hydroxyl groups is 1. The molecular formula is C30H29NO6. The molecule has 3 aromatic carbocycles. The lowest BCUT2D eigenvalue weighted by Crippen LogP contribution is -2.29. The Labute approximate surface area is 215 Å². The second-order valence-electron chi connectivity index (χ2n) is 9.04. The summed E-state index contributed by atoms with van der Waals surface area (Å²) in [4.78, 5) is 40.1. The number of carbonyl (C=O) groups is 3. The van der Waals surface area contributed by atoms with Gasteiger partial charge in [0.05, 0.1) is 29.9 Å². The van der Waals surface area contributed by atoms with Gasteiger partial charge in [-0.05, 0) is 81.8 Å². The molecule has 0 saturated carbocycles. The van der Waals surface area contributed by atoms with Gasteiger partial charge in [0.25, 0.3) is 11.7 Å². The van der Waals surface area contributed by atoms with E-state index in [9.17, 15) is 19.5 Å². The van der Waals surface area contributed by atoms with Crippen molar-refractivity contribution in [3.05, 3.63) is 101 Å². The fraction of sp³-hybridized carbons (Fsp3) is 0.233. The molecule has 1 fully saturated rings. The minimum absolute atomic E-state index is 0.0115. The number of anilines is 1. The minimum Gasteiger partial charge on any atom is -0.507 e. The number of Topliss-reactive ketones (excluding diaryl/α,β-unsaturated/α-hetero) is 1. The van der Waals surface area contributed by atoms with E-state index in [0.717, 1.165) is 5.56 Å². The average Bonchev–Trinajstić information content (AvgIpc) is 3.14. The lowest BCUT2D eigenvalue weighted by molar-refractivity contribution is -0.132. The molecule has 4 rings (SSSR count). The Hall–Kier alpha value is -4.39. The van der Waals surface area contributed by atoms with Crippen molar-refractivity contribution in [1.29, 1.82) is 0 Å². The number of ketones is 1. The van der Waals surface area contributed by atoms with E-state index in [1.54, 1.807) is 55.5 Å². The molecule has 0 spiro atoms. The van der Waals surface area contributed by atoms with E-state index in [1.165, 1.54) is 4.90 Å². The SMILES string of the molecule is CCOC(=O)c1ccc(N2C(=O)C(=O)/C(=C(/O)c3ccc(OC(C)C)cc3)C2c2cccc(C)c2)cc1. The molecule has 1 N–H and O–H groups in total. The van der Waals surface area contributed by atoms with Crippen LogP contribution >= 0.6 is 0 Å². The van der Waals surface area contributed by atoms with Crippen LogP contribution in [0.4, 0.5) is 5.69 Å². The van der Waals surface area contributed by atoms with Crippen LogP contribution in [0.3, 0.4) is 0 Å². The van der Waals surface area contributed by atoms with Crippen molar-refractivity contribution in [2.75, 3.05) is 11.5 Å². The normalized spacial score (nSPS) is 16.8. The zero-order chi connectivity index (χ0) is 26.7. The first-order valence-corrected chi connectivity index (χ1v) is 12.1. The summed E-state index contributed by atoms with van der Waals surface area (Å²) in [6.45, 7) is 7.70. The van der Waals surface area contributed by atoms with Crippen molar-refractivity contribution in [3.63, 3.8) is 0 Å². The van der Waals surface area contributed by atoms with Gasteiger partial charge in [-0.3, -0.25) is 14.5 Å². The van der Waals surface area contributed by atoms with E-state index in [0.29, 0.717) is 28.1 Å². The number of esters is 1. The summed E-state index contributed by atoms with van der Waals surface area (Å²) in [5, 5.41) is 11.3. The van der Waals surface area contributed by atoms with Crippen LogP contribution in [-0.4, -0.2) is 35.5 Å². The molecule has 0 aromatic heterocycles. The number of aryl methyl sites for hydroxylation is 1. The summed E-state index contributed by atoms with van der Waals surface area (Å²) in [6, 6.07) is 19.6. The van der Waals surface area contributed by atoms with Gasteiger partial charge in [0.1, 0.15) is 11.5 Å². The van der Waals surface area contributed by atoms with Crippen LogP contribution in [0.25, 0.3) is 5.76 Å². The average molecular weight is 500 g/mol. The Morgan fingerprint density at radius 3 is 2.22 bits per heavy atom. The maximum Gasteiger partial charge on any atom is 0.338 e. The Balaban J connectivity index is 1.82. The molecule has 0 aliphatic carbocycles. The fourth-order valence-electron chi connectivity index (χ4n) is 4.35. The van der Waals surface area contributed by atoms with E-state index in [-0.39, 0.29) is 24.0 Å². The van der Waals surface area contributed by atoms with Crippen LogP contribution in [0.5, 0.6) is 5.75 Å². The van der Waals surface area contributed by atoms with Gasteiger partial charge in [-0.15, -0.1) is 0 Å². The topological polar surface area (TPSA) is 93.1 Å². The second-order valence-corrected chi connectivity index (χ2v) is 9.04. The molecule has 7 nitrogen and oxygen atoms in total. The highest BCUT2D eigenvalue weighted by Gasteiger charge is 2.47. The summed E-state index contributed by atoms with van der Waals surface area (Å²) in [5.41, 5.74) is 2.75. The molecule has 7 heteroatoms. The number of benzene rings is 3. The molecule has 3 aromatic rings. The third kappa shape index (κ3) is 5.26. The summed E-state index contributed by atoms with van der Waals surface area (Å²) in [5.74, 6) is -1.68. The van der Waals surface area contributed by atoms with Crippen LogP contribution < -0.4 is 9.64 Å². The maximum absolute atomic E-state index is 13.3. The first kappa shape index (κ1) is 25.7. The molecule has 1 aliphatic rings. The van der Waals surface area contributed by atoms with E-state index < -0.39 is 23.7 Å². The molecule has 1 heterocycles. The first-order chi connectivity index (χ1) is 17.7. The summed E-state index contributed by atoms with van der Waals surface area (Å²) in [7, 11) is 0. The molecule has 1 aliphatic heterocycles. The molecule has 1 amide bonds. The lowest BCUT2D eigenvalue weighted by Gasteiger charge is -2.26. The number of hydrogen-bond donors (Lipinski definition) is 1. The van der Waals surface area contributed by atoms with E-state index in [4.69, 9.17) is 9.47 Å². The van der Waals surface area contributed by atoms with Gasteiger partial charge in [-0.1, -0.05) is 29.8 Å². The number of nitrogens with zero attached hydrogens (tertiary/aromatic N) is 1. The largest absolute Gasteiger partial charge is 0.507 e. The van der Waals surface area contributed by atoms with Gasteiger partial charge in [0, 0.05) is 11.3 Å². The standard InChI is InChI=1S/C30H29NO6/c1-5-36-30(35)21-9-13-23(14-10-21)31-26(22-8-6-7-19(4)17-22)25(28(33)29(31)34)27(32)20-11-15-24(16-12-20)37-18(2)3/h6-18,26,32H,5H2,1-4H3/b27-25+. The highest BCUT2D eigenvalue weighted by atomic mass is 16.5. The Kier molecular flexibility index (Phi) is 7.43. The van der Waals surface area contributed by atoms with Crippen LogP contribution in [0, 0.1) is 6.92 Å². The predicted octanol–water partition coefficient (Wildman–Crippen LogP) is 5.59. The first-order valence-electron chi connectivity index (χ1n) is 12.1. The molecule has 1 atom stereocenters. The number of aliphatic hydroxyl groups excluding tert-OH is 1. The van der Waals surface area contributed by atoms with Gasteiger partial charge in [-0.25, -0.2) is 4.79 Å². The Bertz CT molecular complexity index is 1360. The monoisotopic (exact) mass is 499 g/mol. The van der Waals surface area contributed by atoms with Crippen LogP contribution in [0.15, 0.2) is 78.4 Å². The van der Waals surface area contributed by atoms with E-state index >= 15 is 0 Å². The molecule has 0 bridgehead atoms. The Morgan fingerprint density at radius 2 is 1.62 bits per heavy atom. The van der Waals surface area contributed by atoms with Gasteiger partial charge < -0.3 is 14.6 Å². The number of carbonyl (C=O) groups excluding carboxylic acids is 3. The third-order valence-corrected chi connectivity index (χ3v) is 5.96. The summed E-state index contributed by atoms with van der Waals surface area (Å²) >= 11 is 0.